The first-order valence-electron chi connectivity index (χ1n) is 10.5. The Morgan fingerprint density at radius 3 is 2.52 bits per heavy atom. The van der Waals surface area contributed by atoms with Crippen LogP contribution >= 0.6 is 11.3 Å². The number of thiophene rings is 1. The van der Waals surface area contributed by atoms with E-state index in [1.54, 1.807) is 6.92 Å². The molecule has 3 aromatic rings. The third kappa shape index (κ3) is 6.62. The zero-order chi connectivity index (χ0) is 23.8. The molecule has 0 bridgehead atoms. The van der Waals surface area contributed by atoms with Crippen LogP contribution in [0.4, 0.5) is 0 Å². The topological polar surface area (TPSA) is 106 Å². The molecule has 176 valence electrons. The second-order valence-electron chi connectivity index (χ2n) is 7.35. The van der Waals surface area contributed by atoms with Crippen molar-refractivity contribution in [1.29, 1.82) is 0 Å². The second kappa shape index (κ2) is 11.6. The summed E-state index contributed by atoms with van der Waals surface area (Å²) in [5.41, 5.74) is 0.0464. The summed E-state index contributed by atoms with van der Waals surface area (Å²) in [5, 5.41) is 0.283. The molecule has 0 spiro atoms. The van der Waals surface area contributed by atoms with E-state index in [4.69, 9.17) is 18.9 Å². The summed E-state index contributed by atoms with van der Waals surface area (Å²) in [6.07, 6.45) is 1.31. The average Bonchev–Trinajstić information content (AvgIpc) is 3.14. The van der Waals surface area contributed by atoms with Crippen molar-refractivity contribution in [2.75, 3.05) is 26.4 Å². The lowest BCUT2D eigenvalue weighted by atomic mass is 10.2. The molecule has 10 heteroatoms. The molecule has 0 saturated carbocycles. The first-order chi connectivity index (χ1) is 15.9. The van der Waals surface area contributed by atoms with Crippen LogP contribution in [0.5, 0.6) is 5.75 Å². The lowest BCUT2D eigenvalue weighted by Gasteiger charge is -2.09. The maximum absolute atomic E-state index is 12.9. The molecule has 2 heterocycles. The molecular weight excluding hydrogens is 448 g/mol. The summed E-state index contributed by atoms with van der Waals surface area (Å²) in [7, 11) is 0. The third-order valence-electron chi connectivity index (χ3n) is 4.53. The van der Waals surface area contributed by atoms with Crippen LogP contribution < -0.4 is 10.3 Å². The Morgan fingerprint density at radius 1 is 1.06 bits per heavy atom. The van der Waals surface area contributed by atoms with Gasteiger partial charge in [-0.15, -0.1) is 11.3 Å². The van der Waals surface area contributed by atoms with E-state index >= 15 is 0 Å². The van der Waals surface area contributed by atoms with Gasteiger partial charge >= 0.3 is 11.9 Å². The van der Waals surface area contributed by atoms with Gasteiger partial charge in [-0.1, -0.05) is 18.2 Å². The van der Waals surface area contributed by atoms with Crippen molar-refractivity contribution in [2.24, 2.45) is 0 Å². The van der Waals surface area contributed by atoms with Gasteiger partial charge in [-0.3, -0.25) is 14.2 Å². The number of hydrogen-bond acceptors (Lipinski definition) is 9. The second-order valence-corrected chi connectivity index (χ2v) is 8.35. The zero-order valence-corrected chi connectivity index (χ0v) is 19.6. The number of para-hydroxylation sites is 1. The molecule has 0 unspecified atom stereocenters. The van der Waals surface area contributed by atoms with E-state index in [2.05, 4.69) is 4.98 Å². The van der Waals surface area contributed by atoms with E-state index < -0.39 is 17.5 Å². The Hall–Kier alpha value is -3.24. The molecule has 0 radical (unpaired) electrons. The molecule has 0 saturated heterocycles. The van der Waals surface area contributed by atoms with Gasteiger partial charge in [-0.05, 0) is 38.5 Å². The van der Waals surface area contributed by atoms with Gasteiger partial charge in [-0.25, -0.2) is 9.78 Å². The summed E-state index contributed by atoms with van der Waals surface area (Å²) in [6.45, 7) is 5.78. The van der Waals surface area contributed by atoms with Crippen molar-refractivity contribution < 1.29 is 28.5 Å². The number of fused-ring (bicyclic) bond motifs is 1. The van der Waals surface area contributed by atoms with Crippen LogP contribution in [-0.4, -0.2) is 54.0 Å². The summed E-state index contributed by atoms with van der Waals surface area (Å²) >= 11 is 1.08. The van der Waals surface area contributed by atoms with E-state index in [0.717, 1.165) is 15.9 Å². The molecule has 0 atom stereocenters. The number of benzene rings is 1. The van der Waals surface area contributed by atoms with Crippen molar-refractivity contribution in [1.82, 2.24) is 9.55 Å². The van der Waals surface area contributed by atoms with Gasteiger partial charge in [-0.2, -0.15) is 0 Å². The van der Waals surface area contributed by atoms with E-state index in [1.165, 1.54) is 6.33 Å². The van der Waals surface area contributed by atoms with Gasteiger partial charge < -0.3 is 18.9 Å². The van der Waals surface area contributed by atoms with Crippen LogP contribution in [-0.2, 0) is 25.5 Å². The summed E-state index contributed by atoms with van der Waals surface area (Å²) in [5.74, 6) is -0.443. The summed E-state index contributed by atoms with van der Waals surface area (Å²) in [6, 6.07) is 9.20. The molecule has 0 aliphatic carbocycles. The van der Waals surface area contributed by atoms with Gasteiger partial charge in [0.25, 0.3) is 5.56 Å². The smallest absolute Gasteiger partial charge is 0.348 e. The maximum Gasteiger partial charge on any atom is 0.348 e. The predicted octanol–water partition coefficient (Wildman–Crippen LogP) is 2.97. The fourth-order valence-electron chi connectivity index (χ4n) is 2.97. The minimum Gasteiger partial charge on any atom is -0.490 e. The lowest BCUT2D eigenvalue weighted by Crippen LogP contribution is -2.26. The average molecular weight is 475 g/mol. The third-order valence-corrected chi connectivity index (χ3v) is 5.71. The van der Waals surface area contributed by atoms with Crippen LogP contribution in [0.25, 0.3) is 10.2 Å². The van der Waals surface area contributed by atoms with Gasteiger partial charge in [0.15, 0.2) is 0 Å². The number of aromatic nitrogens is 2. The largest absolute Gasteiger partial charge is 0.490 e. The van der Waals surface area contributed by atoms with Gasteiger partial charge in [0.05, 0.1) is 24.4 Å². The van der Waals surface area contributed by atoms with E-state index in [9.17, 15) is 14.4 Å². The Balaban J connectivity index is 1.61. The number of rotatable bonds is 11. The molecule has 0 fully saturated rings. The highest BCUT2D eigenvalue weighted by Crippen LogP contribution is 2.27. The van der Waals surface area contributed by atoms with E-state index in [0.29, 0.717) is 21.0 Å². The van der Waals surface area contributed by atoms with Crippen LogP contribution in [0.1, 0.15) is 29.1 Å². The van der Waals surface area contributed by atoms with Crippen LogP contribution in [0, 0.1) is 6.92 Å². The molecule has 33 heavy (non-hydrogen) atoms. The molecule has 9 nitrogen and oxygen atoms in total. The number of esters is 2. The molecule has 3 rings (SSSR count). The van der Waals surface area contributed by atoms with Gasteiger partial charge in [0.2, 0.25) is 0 Å². The number of hydrogen-bond donors (Lipinski definition) is 0. The normalized spacial score (nSPS) is 11.0. The number of carbonyl (C=O) groups excluding carboxylic acids is 2. The monoisotopic (exact) mass is 474 g/mol. The molecule has 2 aromatic heterocycles. The SMILES string of the molecule is Cc1c(C(=O)OCCOc2ccccc2)sc2ncn(CC(=O)OCCOC(C)C)c(=O)c12. The highest BCUT2D eigenvalue weighted by Gasteiger charge is 2.21. The minimum absolute atomic E-state index is 0.0387. The van der Waals surface area contributed by atoms with Gasteiger partial charge in [0, 0.05) is 0 Å². The summed E-state index contributed by atoms with van der Waals surface area (Å²) < 4.78 is 22.4. The number of nitrogens with zero attached hydrogens (tertiary/aromatic N) is 2. The van der Waals surface area contributed by atoms with Crippen LogP contribution in [0.15, 0.2) is 41.5 Å². The van der Waals surface area contributed by atoms with Crippen LogP contribution in [0.2, 0.25) is 0 Å². The minimum atomic E-state index is -0.573. The Kier molecular flexibility index (Phi) is 8.56. The number of ether oxygens (including phenoxy) is 4. The van der Waals surface area contributed by atoms with Crippen molar-refractivity contribution in [2.45, 2.75) is 33.4 Å². The Bertz CT molecular complexity index is 1150. The first-order valence-corrected chi connectivity index (χ1v) is 11.3. The standard InChI is InChI=1S/C23H26N2O7S/c1-15(2)29-9-11-31-18(26)13-25-14-24-21-19(22(25)27)16(3)20(33-21)23(28)32-12-10-30-17-7-5-4-6-8-17/h4-8,14-15H,9-13H2,1-3H3. The lowest BCUT2D eigenvalue weighted by molar-refractivity contribution is -0.146. The molecule has 0 aliphatic heterocycles. The maximum atomic E-state index is 12.9. The van der Waals surface area contributed by atoms with Crippen molar-refractivity contribution in [3.63, 3.8) is 0 Å². The zero-order valence-electron chi connectivity index (χ0n) is 18.7. The predicted molar refractivity (Wildman–Crippen MR) is 123 cm³/mol. The number of aryl methyl sites for hydroxylation is 1. The Labute approximate surface area is 194 Å². The van der Waals surface area contributed by atoms with Gasteiger partial charge in [0.1, 0.15) is 41.8 Å². The highest BCUT2D eigenvalue weighted by molar-refractivity contribution is 7.20. The number of carbonyl (C=O) groups is 2. The summed E-state index contributed by atoms with van der Waals surface area (Å²) in [4.78, 5) is 42.4. The molecule has 1 aromatic carbocycles. The fraction of sp³-hybridized carbons (Fsp3) is 0.391. The van der Waals surface area contributed by atoms with Crippen molar-refractivity contribution >= 4 is 33.5 Å². The highest BCUT2D eigenvalue weighted by atomic mass is 32.1. The fourth-order valence-corrected chi connectivity index (χ4v) is 4.00. The quantitative estimate of drug-likeness (QED) is 0.308. The van der Waals surface area contributed by atoms with Crippen LogP contribution in [0.3, 0.4) is 0 Å². The molecule has 0 amide bonds. The van der Waals surface area contributed by atoms with Crippen molar-refractivity contribution in [3.05, 3.63) is 57.5 Å². The van der Waals surface area contributed by atoms with Crippen molar-refractivity contribution in [3.8, 4) is 5.75 Å². The van der Waals surface area contributed by atoms with E-state index in [-0.39, 0.29) is 44.5 Å². The first kappa shape index (κ1) is 24.4. The molecule has 0 N–H and O–H groups in total. The Morgan fingerprint density at radius 2 is 1.79 bits per heavy atom. The molecular formula is C23H26N2O7S. The van der Waals surface area contributed by atoms with E-state index in [1.807, 2.05) is 44.2 Å². The molecule has 0 aliphatic rings.